The zero-order chi connectivity index (χ0) is 12.9. The highest BCUT2D eigenvalue weighted by molar-refractivity contribution is 5.83. The molecular weight excluding hydrogens is 233 g/mol. The van der Waals surface area contributed by atoms with E-state index in [1.807, 2.05) is 12.1 Å². The van der Waals surface area contributed by atoms with Gasteiger partial charge in [-0.2, -0.15) is 0 Å². The molecule has 0 fully saturated rings. The molecule has 0 saturated carbocycles. The zero-order valence-electron chi connectivity index (χ0n) is 9.91. The van der Waals surface area contributed by atoms with Crippen molar-refractivity contribution in [3.8, 4) is 0 Å². The number of hydrogen-bond acceptors (Lipinski definition) is 4. The second-order valence-corrected chi connectivity index (χ2v) is 4.09. The summed E-state index contributed by atoms with van der Waals surface area (Å²) in [4.78, 5) is 32.4. The first-order valence-corrected chi connectivity index (χ1v) is 5.42. The van der Waals surface area contributed by atoms with Crippen LogP contribution in [0.1, 0.15) is 0 Å². The summed E-state index contributed by atoms with van der Waals surface area (Å²) < 4.78 is 2.36. The normalized spacial score (nSPS) is 11.2. The molecule has 90 valence electrons. The van der Waals surface area contributed by atoms with Crippen molar-refractivity contribution in [2.24, 2.45) is 14.1 Å². The average molecular weight is 243 g/mol. The van der Waals surface area contributed by atoms with Crippen LogP contribution in [-0.4, -0.2) is 19.1 Å². The summed E-state index contributed by atoms with van der Waals surface area (Å²) in [6.07, 6.45) is 0. The van der Waals surface area contributed by atoms with Gasteiger partial charge >= 0.3 is 5.69 Å². The van der Waals surface area contributed by atoms with Crippen LogP contribution >= 0.6 is 0 Å². The number of nitrogens with zero attached hydrogens (tertiary/aromatic N) is 4. The third-order valence-electron chi connectivity index (χ3n) is 2.95. The first-order valence-electron chi connectivity index (χ1n) is 5.42. The Hall–Kier alpha value is -2.50. The molecule has 0 bridgehead atoms. The van der Waals surface area contributed by atoms with Gasteiger partial charge < -0.3 is 0 Å². The van der Waals surface area contributed by atoms with Gasteiger partial charge in [-0.15, -0.1) is 0 Å². The minimum Gasteiger partial charge on any atom is -0.279 e. The van der Waals surface area contributed by atoms with Crippen molar-refractivity contribution >= 4 is 22.2 Å². The molecule has 0 amide bonds. The van der Waals surface area contributed by atoms with E-state index in [0.717, 1.165) is 4.57 Å². The Morgan fingerprint density at radius 2 is 1.56 bits per heavy atom. The van der Waals surface area contributed by atoms with Crippen LogP contribution in [0, 0.1) is 0 Å². The highest BCUT2D eigenvalue weighted by atomic mass is 16.2. The van der Waals surface area contributed by atoms with E-state index >= 15 is 0 Å². The molecule has 0 unspecified atom stereocenters. The molecule has 0 aliphatic heterocycles. The molecule has 0 atom stereocenters. The summed E-state index contributed by atoms with van der Waals surface area (Å²) in [5.74, 6) is 0. The number of aryl methyl sites for hydroxylation is 1. The van der Waals surface area contributed by atoms with Gasteiger partial charge in [-0.3, -0.25) is 13.9 Å². The maximum absolute atomic E-state index is 12.0. The van der Waals surface area contributed by atoms with Crippen LogP contribution in [0.25, 0.3) is 22.2 Å². The lowest BCUT2D eigenvalue weighted by atomic mass is 10.3. The number of rotatable bonds is 0. The number of aromatic nitrogens is 4. The largest absolute Gasteiger partial charge is 0.332 e. The van der Waals surface area contributed by atoms with Gasteiger partial charge in [-0.1, -0.05) is 12.1 Å². The van der Waals surface area contributed by atoms with E-state index in [0.29, 0.717) is 16.7 Å². The SMILES string of the molecule is Cn1c(=O)c2nc3ccccc3[15n]c2n(C)c1=O. The minimum absolute atomic E-state index is 0.207. The third-order valence-corrected chi connectivity index (χ3v) is 2.95. The Kier molecular flexibility index (Phi) is 2.07. The molecule has 0 saturated heterocycles. The summed E-state index contributed by atoms with van der Waals surface area (Å²) in [6, 6.07) is 7.24. The molecule has 0 aliphatic rings. The Morgan fingerprint density at radius 3 is 2.22 bits per heavy atom. The third kappa shape index (κ3) is 1.29. The van der Waals surface area contributed by atoms with Crippen LogP contribution in [0.3, 0.4) is 0 Å². The monoisotopic (exact) mass is 243 g/mol. The van der Waals surface area contributed by atoms with Crippen LogP contribution in [0.5, 0.6) is 0 Å². The Bertz CT molecular complexity index is 892. The van der Waals surface area contributed by atoms with Gasteiger partial charge in [0.05, 0.1) is 11.0 Å². The molecule has 1 aromatic carbocycles. The van der Waals surface area contributed by atoms with Crippen LogP contribution in [0.4, 0.5) is 0 Å². The zero-order valence-corrected chi connectivity index (χ0v) is 9.91. The van der Waals surface area contributed by atoms with Crippen molar-refractivity contribution in [1.82, 2.24) is 19.1 Å². The molecule has 3 aromatic rings. The van der Waals surface area contributed by atoms with E-state index in [1.165, 1.54) is 11.6 Å². The summed E-state index contributed by atoms with van der Waals surface area (Å²) >= 11 is 0. The van der Waals surface area contributed by atoms with Gasteiger partial charge in [-0.05, 0) is 12.1 Å². The summed E-state index contributed by atoms with van der Waals surface area (Å²) in [5, 5.41) is 0. The quantitative estimate of drug-likeness (QED) is 0.528. The predicted octanol–water partition coefficient (Wildman–Crippen LogP) is 0.180. The maximum Gasteiger partial charge on any atom is 0.332 e. The lowest BCUT2D eigenvalue weighted by Gasteiger charge is -2.06. The fourth-order valence-corrected chi connectivity index (χ4v) is 1.93. The predicted molar refractivity (Wildman–Crippen MR) is 67.5 cm³/mol. The van der Waals surface area contributed by atoms with E-state index in [4.69, 9.17) is 0 Å². The minimum atomic E-state index is -0.425. The molecule has 0 radical (unpaired) electrons. The van der Waals surface area contributed by atoms with Crippen LogP contribution in [0.2, 0.25) is 0 Å². The van der Waals surface area contributed by atoms with E-state index in [-0.39, 0.29) is 5.52 Å². The number of para-hydroxylation sites is 2. The van der Waals surface area contributed by atoms with Gasteiger partial charge in [0.2, 0.25) is 0 Å². The molecule has 3 rings (SSSR count). The highest BCUT2D eigenvalue weighted by Crippen LogP contribution is 2.11. The first-order chi connectivity index (χ1) is 8.59. The molecule has 0 spiro atoms. The van der Waals surface area contributed by atoms with Crippen molar-refractivity contribution < 1.29 is 0 Å². The summed E-state index contributed by atoms with van der Waals surface area (Å²) in [5.41, 5.74) is 0.984. The van der Waals surface area contributed by atoms with Gasteiger partial charge in [-0.25, -0.2) is 14.8 Å². The molecule has 2 aromatic heterocycles. The van der Waals surface area contributed by atoms with E-state index in [1.54, 1.807) is 19.2 Å². The Morgan fingerprint density at radius 1 is 0.944 bits per heavy atom. The van der Waals surface area contributed by atoms with Gasteiger partial charge in [0.15, 0.2) is 11.2 Å². The molecule has 6 nitrogen and oxygen atoms in total. The second kappa shape index (κ2) is 3.49. The standard InChI is InChI=1S/C12H10N4O2/c1-15-10-9(11(17)16(2)12(15)18)13-7-5-3-4-6-8(7)14-10/h3-6H,1-2H3/i14+1. The average Bonchev–Trinajstić information content (AvgIpc) is 2.41. The van der Waals surface area contributed by atoms with Crippen LogP contribution in [0.15, 0.2) is 33.9 Å². The van der Waals surface area contributed by atoms with Gasteiger partial charge in [0, 0.05) is 14.1 Å². The lowest BCUT2D eigenvalue weighted by Crippen LogP contribution is -2.37. The fourth-order valence-electron chi connectivity index (χ4n) is 1.93. The number of hydrogen-bond donors (Lipinski definition) is 0. The Labute approximate surface area is 101 Å². The summed E-state index contributed by atoms with van der Waals surface area (Å²) in [6.45, 7) is 0. The number of benzene rings is 1. The van der Waals surface area contributed by atoms with E-state index < -0.39 is 11.2 Å². The summed E-state index contributed by atoms with van der Waals surface area (Å²) in [7, 11) is 3.01. The molecule has 18 heavy (non-hydrogen) atoms. The lowest BCUT2D eigenvalue weighted by molar-refractivity contribution is 0.706. The molecule has 2 heterocycles. The Balaban J connectivity index is 2.67. The molecule has 6 heteroatoms. The van der Waals surface area contributed by atoms with Crippen molar-refractivity contribution in [2.75, 3.05) is 0 Å². The van der Waals surface area contributed by atoms with E-state index in [2.05, 4.69) is 9.97 Å². The van der Waals surface area contributed by atoms with E-state index in [9.17, 15) is 9.59 Å². The van der Waals surface area contributed by atoms with Gasteiger partial charge in [0.1, 0.15) is 0 Å². The van der Waals surface area contributed by atoms with Crippen molar-refractivity contribution in [3.05, 3.63) is 45.1 Å². The first kappa shape index (κ1) is 10.6. The van der Waals surface area contributed by atoms with Crippen molar-refractivity contribution in [2.45, 2.75) is 0 Å². The number of fused-ring (bicyclic) bond motifs is 2. The highest BCUT2D eigenvalue weighted by Gasteiger charge is 2.11. The fraction of sp³-hybridized carbons (Fsp3) is 0.167. The smallest absolute Gasteiger partial charge is 0.279 e. The molecule has 0 N–H and O–H groups in total. The van der Waals surface area contributed by atoms with Gasteiger partial charge in [0.25, 0.3) is 5.56 Å². The maximum atomic E-state index is 12.0. The molecular formula is C12H10N4O2. The van der Waals surface area contributed by atoms with Crippen LogP contribution in [-0.2, 0) is 14.1 Å². The molecule has 0 aliphatic carbocycles. The van der Waals surface area contributed by atoms with Crippen molar-refractivity contribution in [1.29, 1.82) is 0 Å². The second-order valence-electron chi connectivity index (χ2n) is 4.09. The van der Waals surface area contributed by atoms with Crippen molar-refractivity contribution in [3.63, 3.8) is 0 Å². The van der Waals surface area contributed by atoms with Crippen LogP contribution < -0.4 is 11.2 Å². The topological polar surface area (TPSA) is 69.8 Å².